The highest BCUT2D eigenvalue weighted by Gasteiger charge is 2.23. The summed E-state index contributed by atoms with van der Waals surface area (Å²) >= 11 is 0. The third-order valence-corrected chi connectivity index (χ3v) is 10.8. The van der Waals surface area contributed by atoms with E-state index < -0.39 is 0 Å². The summed E-state index contributed by atoms with van der Waals surface area (Å²) in [5, 5.41) is 9.42. The Kier molecular flexibility index (Phi) is 6.55. The Balaban J connectivity index is 1.19. The number of para-hydroxylation sites is 3. The number of hydrogen-bond acceptors (Lipinski definition) is 2. The summed E-state index contributed by atoms with van der Waals surface area (Å²) in [6.45, 7) is 0. The van der Waals surface area contributed by atoms with Crippen LogP contribution in [-0.2, 0) is 0 Å². The van der Waals surface area contributed by atoms with E-state index in [1.54, 1.807) is 0 Å². The van der Waals surface area contributed by atoms with Crippen LogP contribution < -0.4 is 4.90 Å². The van der Waals surface area contributed by atoms with E-state index in [0.717, 1.165) is 61.2 Å². The van der Waals surface area contributed by atoms with Crippen molar-refractivity contribution in [2.24, 2.45) is 0 Å². The lowest BCUT2D eigenvalue weighted by Gasteiger charge is -2.29. The second-order valence-corrected chi connectivity index (χ2v) is 13.7. The van der Waals surface area contributed by atoms with Gasteiger partial charge in [0.25, 0.3) is 0 Å². The molecular formula is C50H32N2O. The van der Waals surface area contributed by atoms with Gasteiger partial charge < -0.3 is 13.9 Å². The predicted molar refractivity (Wildman–Crippen MR) is 223 cm³/mol. The minimum Gasteiger partial charge on any atom is -0.455 e. The zero-order valence-electron chi connectivity index (χ0n) is 28.8. The van der Waals surface area contributed by atoms with Gasteiger partial charge in [0, 0.05) is 49.3 Å². The maximum atomic E-state index is 6.67. The highest BCUT2D eigenvalue weighted by molar-refractivity contribution is 6.20. The lowest BCUT2D eigenvalue weighted by molar-refractivity contribution is 0.673. The SMILES string of the molecule is c1cc(N(c2ccccc2-c2cccc3oc4c5ccccc5ccc4c23)c2cccc3ccccc23)cc(-n2c3ccccc3c3ccccc32)c1. The summed E-state index contributed by atoms with van der Waals surface area (Å²) in [7, 11) is 0. The van der Waals surface area contributed by atoms with Crippen molar-refractivity contribution < 1.29 is 4.42 Å². The van der Waals surface area contributed by atoms with Gasteiger partial charge in [0.15, 0.2) is 0 Å². The van der Waals surface area contributed by atoms with Crippen molar-refractivity contribution in [3.05, 3.63) is 194 Å². The van der Waals surface area contributed by atoms with Crippen LogP contribution >= 0.6 is 0 Å². The van der Waals surface area contributed by atoms with Crippen molar-refractivity contribution in [1.29, 1.82) is 0 Å². The average Bonchev–Trinajstić information content (AvgIpc) is 3.78. The fraction of sp³-hybridized carbons (Fsp3) is 0. The van der Waals surface area contributed by atoms with Crippen molar-refractivity contribution in [1.82, 2.24) is 4.57 Å². The molecule has 0 spiro atoms. The second kappa shape index (κ2) is 11.7. The molecule has 0 saturated heterocycles. The van der Waals surface area contributed by atoms with Crippen LogP contribution in [0.5, 0.6) is 0 Å². The Morgan fingerprint density at radius 1 is 0.396 bits per heavy atom. The topological polar surface area (TPSA) is 21.3 Å². The second-order valence-electron chi connectivity index (χ2n) is 13.7. The van der Waals surface area contributed by atoms with Gasteiger partial charge in [-0.25, -0.2) is 0 Å². The maximum absolute atomic E-state index is 6.67. The molecule has 0 radical (unpaired) electrons. The summed E-state index contributed by atoms with van der Waals surface area (Å²) in [4.78, 5) is 2.44. The van der Waals surface area contributed by atoms with E-state index in [0.29, 0.717) is 0 Å². The standard InChI is InChI=1S/C50H32N2O/c1-3-19-37-33(14-1)16-11-28-44(37)51(35-17-12-18-36(32-35)52-45-25-8-5-21-39(45)40-22-6-9-26-46(40)52)47-27-10-7-23-41(47)42-24-13-29-48-49(42)43-31-30-34-15-2-4-20-38(34)50(43)53-48/h1-32H. The Hall–Kier alpha value is -7.10. The summed E-state index contributed by atoms with van der Waals surface area (Å²) in [6, 6.07) is 69.8. The first kappa shape index (κ1) is 29.6. The molecule has 3 heteroatoms. The first-order chi connectivity index (χ1) is 26.3. The molecule has 2 heterocycles. The van der Waals surface area contributed by atoms with Crippen molar-refractivity contribution >= 4 is 82.4 Å². The number of nitrogens with zero attached hydrogens (tertiary/aromatic N) is 2. The van der Waals surface area contributed by atoms with Gasteiger partial charge >= 0.3 is 0 Å². The van der Waals surface area contributed by atoms with Crippen LogP contribution in [0.1, 0.15) is 0 Å². The third-order valence-electron chi connectivity index (χ3n) is 10.8. The number of anilines is 3. The largest absolute Gasteiger partial charge is 0.455 e. The Labute approximate surface area is 306 Å². The molecule has 0 saturated carbocycles. The molecule has 11 aromatic rings. The molecule has 11 rings (SSSR count). The zero-order chi connectivity index (χ0) is 34.9. The average molecular weight is 677 g/mol. The molecule has 0 bridgehead atoms. The Morgan fingerprint density at radius 2 is 0.981 bits per heavy atom. The van der Waals surface area contributed by atoms with Crippen molar-refractivity contribution in [2.45, 2.75) is 0 Å². The summed E-state index contributed by atoms with van der Waals surface area (Å²) in [5.74, 6) is 0. The van der Waals surface area contributed by atoms with Gasteiger partial charge in [0.05, 0.1) is 22.4 Å². The van der Waals surface area contributed by atoms with Gasteiger partial charge in [-0.3, -0.25) is 0 Å². The molecule has 9 aromatic carbocycles. The van der Waals surface area contributed by atoms with Gasteiger partial charge in [-0.05, 0) is 70.9 Å². The first-order valence-electron chi connectivity index (χ1n) is 18.1. The molecule has 0 aliphatic carbocycles. The van der Waals surface area contributed by atoms with E-state index in [2.05, 4.69) is 204 Å². The van der Waals surface area contributed by atoms with E-state index >= 15 is 0 Å². The number of fused-ring (bicyclic) bond motifs is 9. The summed E-state index contributed by atoms with van der Waals surface area (Å²) in [5.41, 5.74) is 10.8. The molecule has 0 amide bonds. The molecule has 0 aliphatic rings. The quantitative estimate of drug-likeness (QED) is 0.181. The van der Waals surface area contributed by atoms with Crippen LogP contribution in [0.15, 0.2) is 199 Å². The molecule has 0 aliphatic heterocycles. The highest BCUT2D eigenvalue weighted by atomic mass is 16.3. The predicted octanol–water partition coefficient (Wildman–Crippen LogP) is 14.1. The fourth-order valence-corrected chi connectivity index (χ4v) is 8.46. The summed E-state index contributed by atoms with van der Waals surface area (Å²) in [6.07, 6.45) is 0. The molecule has 53 heavy (non-hydrogen) atoms. The molecule has 3 nitrogen and oxygen atoms in total. The van der Waals surface area contributed by atoms with E-state index in [4.69, 9.17) is 4.42 Å². The number of aromatic nitrogens is 1. The van der Waals surface area contributed by atoms with Crippen LogP contribution in [0.3, 0.4) is 0 Å². The smallest absolute Gasteiger partial charge is 0.143 e. The minimum absolute atomic E-state index is 0.883. The van der Waals surface area contributed by atoms with Crippen molar-refractivity contribution in [2.75, 3.05) is 4.90 Å². The minimum atomic E-state index is 0.883. The van der Waals surface area contributed by atoms with Crippen LogP contribution in [0.25, 0.3) is 82.1 Å². The van der Waals surface area contributed by atoms with Crippen LogP contribution in [0.2, 0.25) is 0 Å². The van der Waals surface area contributed by atoms with E-state index in [1.165, 1.54) is 38.0 Å². The van der Waals surface area contributed by atoms with Gasteiger partial charge in [-0.2, -0.15) is 0 Å². The number of furan rings is 1. The van der Waals surface area contributed by atoms with Gasteiger partial charge in [-0.1, -0.05) is 140 Å². The zero-order valence-corrected chi connectivity index (χ0v) is 28.8. The van der Waals surface area contributed by atoms with E-state index in [-0.39, 0.29) is 0 Å². The molecular weight excluding hydrogens is 645 g/mol. The maximum Gasteiger partial charge on any atom is 0.143 e. The Morgan fingerprint density at radius 3 is 1.79 bits per heavy atom. The molecule has 0 unspecified atom stereocenters. The molecule has 0 atom stereocenters. The third kappa shape index (κ3) is 4.54. The van der Waals surface area contributed by atoms with Gasteiger partial charge in [0.2, 0.25) is 0 Å². The molecule has 0 fully saturated rings. The van der Waals surface area contributed by atoms with Crippen LogP contribution in [-0.4, -0.2) is 4.57 Å². The molecule has 2 aromatic heterocycles. The Bertz CT molecular complexity index is 3140. The number of rotatable bonds is 5. The lowest BCUT2D eigenvalue weighted by Crippen LogP contribution is -2.12. The van der Waals surface area contributed by atoms with Gasteiger partial charge in [0.1, 0.15) is 11.2 Å². The van der Waals surface area contributed by atoms with Crippen LogP contribution in [0.4, 0.5) is 17.1 Å². The van der Waals surface area contributed by atoms with E-state index in [9.17, 15) is 0 Å². The van der Waals surface area contributed by atoms with E-state index in [1.807, 2.05) is 0 Å². The summed E-state index contributed by atoms with van der Waals surface area (Å²) < 4.78 is 9.06. The number of hydrogen-bond donors (Lipinski definition) is 0. The first-order valence-corrected chi connectivity index (χ1v) is 18.1. The highest BCUT2D eigenvalue weighted by Crippen LogP contribution is 2.47. The molecule has 248 valence electrons. The van der Waals surface area contributed by atoms with Crippen molar-refractivity contribution in [3.8, 4) is 16.8 Å². The fourth-order valence-electron chi connectivity index (χ4n) is 8.46. The van der Waals surface area contributed by atoms with Crippen molar-refractivity contribution in [3.63, 3.8) is 0 Å². The monoisotopic (exact) mass is 676 g/mol. The van der Waals surface area contributed by atoms with Crippen LogP contribution in [0, 0.1) is 0 Å². The normalized spacial score (nSPS) is 11.8. The lowest BCUT2D eigenvalue weighted by atomic mass is 9.96. The molecule has 0 N–H and O–H groups in total. The number of benzene rings is 9. The van der Waals surface area contributed by atoms with Gasteiger partial charge in [-0.15, -0.1) is 0 Å².